The highest BCUT2D eigenvalue weighted by Gasteiger charge is 2.24. The van der Waals surface area contributed by atoms with Gasteiger partial charge in [-0.15, -0.1) is 0 Å². The lowest BCUT2D eigenvalue weighted by molar-refractivity contribution is 0.385. The van der Waals surface area contributed by atoms with Crippen LogP contribution in [0.15, 0.2) is 28.0 Å². The van der Waals surface area contributed by atoms with Crippen molar-refractivity contribution in [2.45, 2.75) is 9.79 Å². The zero-order valence-electron chi connectivity index (χ0n) is 10.3. The molecule has 0 amide bonds. The Morgan fingerprint density at radius 3 is 2.00 bits per heavy atom. The predicted molar refractivity (Wildman–Crippen MR) is 73.4 cm³/mol. The zero-order chi connectivity index (χ0) is 15.7. The Labute approximate surface area is 131 Å². The summed E-state index contributed by atoms with van der Waals surface area (Å²) in [6.45, 7) is 0. The SMILES string of the molecule is COc1ccc(Sc2c(F)c(Cl)c(F)c(Cl)c2F)cc1F. The third-order valence-electron chi connectivity index (χ3n) is 2.51. The van der Waals surface area contributed by atoms with Crippen LogP contribution in [0.3, 0.4) is 0 Å². The molecule has 0 radical (unpaired) electrons. The molecule has 2 aromatic carbocycles. The molecular formula is C13H6Cl2F4OS. The van der Waals surface area contributed by atoms with Gasteiger partial charge in [-0.3, -0.25) is 0 Å². The minimum atomic E-state index is -1.38. The molecule has 1 nitrogen and oxygen atoms in total. The smallest absolute Gasteiger partial charge is 0.166 e. The average Bonchev–Trinajstić information content (AvgIpc) is 2.48. The molecule has 0 atom stereocenters. The summed E-state index contributed by atoms with van der Waals surface area (Å²) in [6.07, 6.45) is 0. The summed E-state index contributed by atoms with van der Waals surface area (Å²) in [5, 5.41) is -1.84. The summed E-state index contributed by atoms with van der Waals surface area (Å²) in [6, 6.07) is 3.70. The highest BCUT2D eigenvalue weighted by atomic mass is 35.5. The van der Waals surface area contributed by atoms with E-state index in [9.17, 15) is 17.6 Å². The molecule has 0 fully saturated rings. The Morgan fingerprint density at radius 2 is 1.52 bits per heavy atom. The van der Waals surface area contributed by atoms with Crippen LogP contribution in [-0.4, -0.2) is 7.11 Å². The fourth-order valence-corrected chi connectivity index (χ4v) is 2.96. The monoisotopic (exact) mass is 356 g/mol. The van der Waals surface area contributed by atoms with Crippen LogP contribution in [-0.2, 0) is 0 Å². The molecule has 0 aliphatic rings. The maximum Gasteiger partial charge on any atom is 0.166 e. The summed E-state index contributed by atoms with van der Waals surface area (Å²) >= 11 is 11.3. The predicted octanol–water partition coefficient (Wildman–Crippen LogP) is 5.71. The lowest BCUT2D eigenvalue weighted by atomic mass is 10.3. The van der Waals surface area contributed by atoms with E-state index in [2.05, 4.69) is 0 Å². The normalized spacial score (nSPS) is 10.8. The Hall–Kier alpha value is -1.11. The summed E-state index contributed by atoms with van der Waals surface area (Å²) in [4.78, 5) is -0.444. The molecular weight excluding hydrogens is 351 g/mol. The molecule has 21 heavy (non-hydrogen) atoms. The van der Waals surface area contributed by atoms with Gasteiger partial charge in [0.2, 0.25) is 0 Å². The van der Waals surface area contributed by atoms with Crippen LogP contribution >= 0.6 is 35.0 Å². The first-order chi connectivity index (χ1) is 9.86. The molecule has 0 heterocycles. The summed E-state index contributed by atoms with van der Waals surface area (Å²) in [7, 11) is 1.28. The Balaban J connectivity index is 2.47. The summed E-state index contributed by atoms with van der Waals surface area (Å²) in [5.41, 5.74) is 0. The average molecular weight is 357 g/mol. The van der Waals surface area contributed by atoms with Crippen LogP contribution in [0.2, 0.25) is 10.0 Å². The van der Waals surface area contributed by atoms with Gasteiger partial charge in [0.15, 0.2) is 29.0 Å². The van der Waals surface area contributed by atoms with E-state index in [4.69, 9.17) is 27.9 Å². The molecule has 0 aliphatic carbocycles. The summed E-state index contributed by atoms with van der Waals surface area (Å²) < 4.78 is 59.2. The second-order valence-corrected chi connectivity index (χ2v) is 5.64. The fourth-order valence-electron chi connectivity index (χ4n) is 1.50. The Bertz CT molecular complexity index is 680. The molecule has 0 aliphatic heterocycles. The van der Waals surface area contributed by atoms with Gasteiger partial charge in [-0.05, 0) is 18.2 Å². The quantitative estimate of drug-likeness (QED) is 0.395. The van der Waals surface area contributed by atoms with Gasteiger partial charge in [0, 0.05) is 4.90 Å². The number of halogens is 6. The van der Waals surface area contributed by atoms with Crippen molar-refractivity contribution in [1.29, 1.82) is 0 Å². The van der Waals surface area contributed by atoms with Crippen molar-refractivity contribution in [3.8, 4) is 5.75 Å². The van der Waals surface area contributed by atoms with E-state index in [1.807, 2.05) is 0 Å². The third-order valence-corrected chi connectivity index (χ3v) is 4.23. The molecule has 0 N–H and O–H groups in total. The highest BCUT2D eigenvalue weighted by molar-refractivity contribution is 7.99. The maximum absolute atomic E-state index is 13.8. The number of ether oxygens (including phenoxy) is 1. The van der Waals surface area contributed by atoms with Crippen LogP contribution in [0.25, 0.3) is 0 Å². The number of rotatable bonds is 3. The van der Waals surface area contributed by atoms with Crippen molar-refractivity contribution < 1.29 is 22.3 Å². The minimum Gasteiger partial charge on any atom is -0.494 e. The van der Waals surface area contributed by atoms with Crippen molar-refractivity contribution in [3.63, 3.8) is 0 Å². The molecule has 0 unspecified atom stereocenters. The van der Waals surface area contributed by atoms with Crippen molar-refractivity contribution in [2.75, 3.05) is 7.11 Å². The topological polar surface area (TPSA) is 9.23 Å². The standard InChI is InChI=1S/C13H6Cl2F4OS/c1-20-7-3-2-5(4-6(7)16)21-13-11(18)8(14)10(17)9(15)12(13)19/h2-4H,1H3. The van der Waals surface area contributed by atoms with E-state index in [1.54, 1.807) is 0 Å². The second-order valence-electron chi connectivity index (χ2n) is 3.80. The minimum absolute atomic E-state index is 0.0181. The first-order valence-corrected chi connectivity index (χ1v) is 6.96. The molecule has 8 heteroatoms. The fraction of sp³-hybridized carbons (Fsp3) is 0.0769. The van der Waals surface area contributed by atoms with Crippen molar-refractivity contribution in [3.05, 3.63) is 51.5 Å². The van der Waals surface area contributed by atoms with Crippen LogP contribution in [0.5, 0.6) is 5.75 Å². The van der Waals surface area contributed by atoms with Gasteiger partial charge >= 0.3 is 0 Å². The van der Waals surface area contributed by atoms with E-state index in [0.29, 0.717) is 11.8 Å². The lowest BCUT2D eigenvalue weighted by Crippen LogP contribution is -1.96. The van der Waals surface area contributed by atoms with Crippen LogP contribution in [0.1, 0.15) is 0 Å². The first-order valence-electron chi connectivity index (χ1n) is 5.39. The number of methoxy groups -OCH3 is 1. The maximum atomic E-state index is 13.8. The highest BCUT2D eigenvalue weighted by Crippen LogP contribution is 2.40. The molecule has 0 spiro atoms. The molecule has 0 aromatic heterocycles. The van der Waals surface area contributed by atoms with Crippen molar-refractivity contribution in [1.82, 2.24) is 0 Å². The van der Waals surface area contributed by atoms with E-state index in [-0.39, 0.29) is 10.6 Å². The van der Waals surface area contributed by atoms with Crippen LogP contribution in [0, 0.1) is 23.3 Å². The van der Waals surface area contributed by atoms with Crippen LogP contribution < -0.4 is 4.74 Å². The summed E-state index contributed by atoms with van der Waals surface area (Å²) in [5.74, 6) is -4.69. The number of hydrogen-bond donors (Lipinski definition) is 0. The Kier molecular flexibility index (Phi) is 4.91. The third kappa shape index (κ3) is 3.07. The molecule has 0 bridgehead atoms. The van der Waals surface area contributed by atoms with E-state index >= 15 is 0 Å². The van der Waals surface area contributed by atoms with Gasteiger partial charge in [0.05, 0.1) is 12.0 Å². The van der Waals surface area contributed by atoms with E-state index < -0.39 is 38.2 Å². The van der Waals surface area contributed by atoms with Gasteiger partial charge in [0.1, 0.15) is 10.0 Å². The van der Waals surface area contributed by atoms with Gasteiger partial charge in [0.25, 0.3) is 0 Å². The van der Waals surface area contributed by atoms with Gasteiger partial charge in [-0.1, -0.05) is 35.0 Å². The van der Waals surface area contributed by atoms with Crippen LogP contribution in [0.4, 0.5) is 17.6 Å². The molecule has 0 saturated carbocycles. The first kappa shape index (κ1) is 16.3. The Morgan fingerprint density at radius 1 is 0.952 bits per heavy atom. The number of benzene rings is 2. The lowest BCUT2D eigenvalue weighted by Gasteiger charge is -2.10. The number of hydrogen-bond acceptors (Lipinski definition) is 2. The molecule has 2 rings (SSSR count). The second kappa shape index (κ2) is 6.34. The van der Waals surface area contributed by atoms with Gasteiger partial charge in [-0.25, -0.2) is 17.6 Å². The van der Waals surface area contributed by atoms with Gasteiger partial charge < -0.3 is 4.74 Å². The van der Waals surface area contributed by atoms with Gasteiger partial charge in [-0.2, -0.15) is 0 Å². The van der Waals surface area contributed by atoms with E-state index in [0.717, 1.165) is 6.07 Å². The molecule has 0 saturated heterocycles. The largest absolute Gasteiger partial charge is 0.494 e. The van der Waals surface area contributed by atoms with Crippen molar-refractivity contribution in [2.24, 2.45) is 0 Å². The molecule has 2 aromatic rings. The zero-order valence-corrected chi connectivity index (χ0v) is 12.6. The van der Waals surface area contributed by atoms with Crippen molar-refractivity contribution >= 4 is 35.0 Å². The van der Waals surface area contributed by atoms with E-state index in [1.165, 1.54) is 19.2 Å². The molecule has 112 valence electrons.